The highest BCUT2D eigenvalue weighted by Crippen LogP contribution is 2.29. The monoisotopic (exact) mass is 397 g/mol. The van der Waals surface area contributed by atoms with Crippen molar-refractivity contribution in [1.29, 1.82) is 0 Å². The topological polar surface area (TPSA) is 71.0 Å². The highest BCUT2D eigenvalue weighted by atomic mass is 16.2. The lowest BCUT2D eigenvalue weighted by Gasteiger charge is -2.26. The number of H-pyrrole nitrogens is 1. The summed E-state index contributed by atoms with van der Waals surface area (Å²) in [5.41, 5.74) is 6.39. The van der Waals surface area contributed by atoms with Crippen LogP contribution in [0.2, 0.25) is 0 Å². The minimum Gasteiger partial charge on any atom is -0.358 e. The molecule has 3 N–H and O–H groups in total. The van der Waals surface area contributed by atoms with Crippen molar-refractivity contribution in [2.75, 3.05) is 0 Å². The van der Waals surface area contributed by atoms with Crippen molar-refractivity contribution >= 4 is 28.2 Å². The minimum atomic E-state index is -0.0411. The Balaban J connectivity index is 1.13. The van der Waals surface area contributed by atoms with Gasteiger partial charge in [0.1, 0.15) is 0 Å². The molecule has 2 aliphatic carbocycles. The Kier molecular flexibility index (Phi) is 4.03. The standard InChI is InChI=1S/C25H24N4O/c30-25(26-15-9-11-23-19(13-15)17-5-1-3-7-21(17)28-23)27-16-10-12-24-20(14-16)18-6-2-4-8-22(18)29-24/h1-8,15-16,28H,9-14H2,(H-,26,27,30)/p+1. The van der Waals surface area contributed by atoms with Gasteiger partial charge in [-0.2, -0.15) is 0 Å². The molecule has 0 saturated heterocycles. The Bertz CT molecular complexity index is 1330. The zero-order valence-electron chi connectivity index (χ0n) is 16.9. The number of hydrogen-bond acceptors (Lipinski definition) is 1. The molecule has 1 fully saturated rings. The Morgan fingerprint density at radius 1 is 0.933 bits per heavy atom. The molecule has 3 aromatic rings. The first-order valence-corrected chi connectivity index (χ1v) is 10.9. The van der Waals surface area contributed by atoms with Crippen LogP contribution in [-0.4, -0.2) is 28.8 Å². The number of rotatable bonds is 2. The molecule has 0 spiro atoms. The first-order chi connectivity index (χ1) is 14.7. The second-order valence-electron chi connectivity index (χ2n) is 8.68. The molecular formula is C25H25N4O+. The zero-order chi connectivity index (χ0) is 20.1. The lowest BCUT2D eigenvalue weighted by Crippen LogP contribution is -2.49. The number of fused-ring (bicyclic) bond motifs is 5. The third-order valence-corrected chi connectivity index (χ3v) is 6.78. The van der Waals surface area contributed by atoms with E-state index in [1.54, 1.807) is 0 Å². The van der Waals surface area contributed by atoms with E-state index in [0.717, 1.165) is 43.9 Å². The van der Waals surface area contributed by atoms with Crippen LogP contribution in [0.1, 0.15) is 36.9 Å². The van der Waals surface area contributed by atoms with Crippen molar-refractivity contribution in [2.45, 2.75) is 50.6 Å². The molecule has 3 aliphatic rings. The summed E-state index contributed by atoms with van der Waals surface area (Å²) >= 11 is 0. The SMILES string of the molecule is O=C(NC1CCC2=[N+]=c3ccccc3=C2C1)NC1CCc2[nH]c3ccccc3c2C1. The predicted molar refractivity (Wildman–Crippen MR) is 119 cm³/mol. The van der Waals surface area contributed by atoms with Gasteiger partial charge >= 0.3 is 17.1 Å². The van der Waals surface area contributed by atoms with E-state index in [4.69, 9.17) is 4.67 Å². The molecule has 5 heteroatoms. The largest absolute Gasteiger partial charge is 0.358 e. The Hall–Kier alpha value is -3.30. The number of para-hydroxylation sites is 2. The van der Waals surface area contributed by atoms with E-state index in [9.17, 15) is 4.79 Å². The molecular weight excluding hydrogens is 372 g/mol. The van der Waals surface area contributed by atoms with E-state index < -0.39 is 0 Å². The molecule has 2 atom stereocenters. The molecule has 5 nitrogen and oxygen atoms in total. The molecule has 1 saturated carbocycles. The van der Waals surface area contributed by atoms with Crippen molar-refractivity contribution in [1.82, 2.24) is 20.3 Å². The van der Waals surface area contributed by atoms with Crippen LogP contribution < -0.4 is 25.9 Å². The van der Waals surface area contributed by atoms with Gasteiger partial charge < -0.3 is 15.6 Å². The maximum Gasteiger partial charge on any atom is 0.335 e. The molecule has 2 amide bonds. The lowest BCUT2D eigenvalue weighted by atomic mass is 9.88. The van der Waals surface area contributed by atoms with Crippen molar-refractivity contribution < 1.29 is 4.79 Å². The van der Waals surface area contributed by atoms with E-state index in [0.29, 0.717) is 0 Å². The fraction of sp³-hybridized carbons (Fsp3) is 0.320. The first kappa shape index (κ1) is 17.5. The number of nitrogens with one attached hydrogen (secondary N) is 3. The number of aryl methyl sites for hydroxylation is 1. The third-order valence-electron chi connectivity index (χ3n) is 6.78. The van der Waals surface area contributed by atoms with E-state index in [1.807, 2.05) is 6.07 Å². The number of amides is 2. The molecule has 1 aromatic heterocycles. The van der Waals surface area contributed by atoms with Crippen LogP contribution in [0.3, 0.4) is 0 Å². The summed E-state index contributed by atoms with van der Waals surface area (Å²) in [4.78, 5) is 16.3. The van der Waals surface area contributed by atoms with Gasteiger partial charge in [0, 0.05) is 41.2 Å². The van der Waals surface area contributed by atoms with Crippen LogP contribution in [0.25, 0.3) is 16.5 Å². The summed E-state index contributed by atoms with van der Waals surface area (Å²) in [7, 11) is 0. The molecule has 2 heterocycles. The average Bonchev–Trinajstić information content (AvgIpc) is 3.31. The number of carbonyl (C=O) groups excluding carboxylic acids is 1. The van der Waals surface area contributed by atoms with Gasteiger partial charge in [-0.3, -0.25) is 0 Å². The molecule has 2 aromatic carbocycles. The summed E-state index contributed by atoms with van der Waals surface area (Å²) in [6.45, 7) is 0. The van der Waals surface area contributed by atoms with Gasteiger partial charge in [0.25, 0.3) is 0 Å². The summed E-state index contributed by atoms with van der Waals surface area (Å²) < 4.78 is 4.77. The van der Waals surface area contributed by atoms with Crippen LogP contribution >= 0.6 is 0 Å². The second kappa shape index (κ2) is 6.89. The van der Waals surface area contributed by atoms with Crippen LogP contribution in [-0.2, 0) is 12.8 Å². The van der Waals surface area contributed by atoms with E-state index >= 15 is 0 Å². The summed E-state index contributed by atoms with van der Waals surface area (Å²) in [5, 5.41) is 10.1. The molecule has 150 valence electrons. The number of hydrogen-bond donors (Lipinski definition) is 3. The van der Waals surface area contributed by atoms with Gasteiger partial charge in [-0.25, -0.2) is 4.79 Å². The van der Waals surface area contributed by atoms with Crippen LogP contribution in [0.4, 0.5) is 4.79 Å². The third kappa shape index (κ3) is 2.94. The summed E-state index contributed by atoms with van der Waals surface area (Å²) in [5.74, 6) is 0. The minimum absolute atomic E-state index is 0.0411. The highest BCUT2D eigenvalue weighted by Gasteiger charge is 2.33. The fourth-order valence-electron chi connectivity index (χ4n) is 5.32. The average molecular weight is 398 g/mol. The number of benzene rings is 2. The molecule has 1 aliphatic heterocycles. The van der Waals surface area contributed by atoms with E-state index in [-0.39, 0.29) is 18.1 Å². The molecule has 30 heavy (non-hydrogen) atoms. The van der Waals surface area contributed by atoms with E-state index in [2.05, 4.69) is 58.1 Å². The number of carbonyl (C=O) groups is 1. The van der Waals surface area contributed by atoms with Gasteiger partial charge in [0.15, 0.2) is 0 Å². The number of aromatic amines is 1. The van der Waals surface area contributed by atoms with E-state index in [1.165, 1.54) is 38.7 Å². The Labute approximate surface area is 174 Å². The molecule has 0 radical (unpaired) electrons. The second-order valence-corrected chi connectivity index (χ2v) is 8.68. The lowest BCUT2D eigenvalue weighted by molar-refractivity contribution is 0.231. The van der Waals surface area contributed by atoms with Crippen LogP contribution in [0.15, 0.2) is 48.5 Å². The molecule has 0 bridgehead atoms. The van der Waals surface area contributed by atoms with Crippen molar-refractivity contribution in [3.05, 3.63) is 70.4 Å². The number of aromatic nitrogens is 1. The normalized spacial score (nSPS) is 21.9. The molecule has 6 rings (SSSR count). The Morgan fingerprint density at radius 2 is 1.70 bits per heavy atom. The maximum atomic E-state index is 12.8. The maximum absolute atomic E-state index is 12.8. The predicted octanol–water partition coefficient (Wildman–Crippen LogP) is 1.87. The van der Waals surface area contributed by atoms with Gasteiger partial charge in [-0.05, 0) is 43.4 Å². The summed E-state index contributed by atoms with van der Waals surface area (Å²) in [6.07, 6.45) is 5.57. The Morgan fingerprint density at radius 3 is 2.63 bits per heavy atom. The van der Waals surface area contributed by atoms with Gasteiger partial charge in [-0.1, -0.05) is 35.0 Å². The van der Waals surface area contributed by atoms with Gasteiger partial charge in [-0.15, -0.1) is 0 Å². The number of nitrogens with zero attached hydrogens (tertiary/aromatic N) is 1. The highest BCUT2D eigenvalue weighted by molar-refractivity contribution is 6.19. The molecule has 2 unspecified atom stereocenters. The van der Waals surface area contributed by atoms with Gasteiger partial charge in [0.05, 0.1) is 17.2 Å². The quantitative estimate of drug-likeness (QED) is 0.568. The van der Waals surface area contributed by atoms with Crippen LogP contribution in [0.5, 0.6) is 0 Å². The number of urea groups is 1. The fourth-order valence-corrected chi connectivity index (χ4v) is 5.32. The van der Waals surface area contributed by atoms with Gasteiger partial charge in [0.2, 0.25) is 0 Å². The van der Waals surface area contributed by atoms with Crippen molar-refractivity contribution in [2.24, 2.45) is 0 Å². The van der Waals surface area contributed by atoms with Crippen molar-refractivity contribution in [3.63, 3.8) is 0 Å². The first-order valence-electron chi connectivity index (χ1n) is 10.9. The zero-order valence-corrected chi connectivity index (χ0v) is 16.9. The van der Waals surface area contributed by atoms with Crippen LogP contribution in [0, 0.1) is 0 Å². The summed E-state index contributed by atoms with van der Waals surface area (Å²) in [6, 6.07) is 17.1. The smallest absolute Gasteiger partial charge is 0.335 e. The van der Waals surface area contributed by atoms with Crippen molar-refractivity contribution in [3.8, 4) is 0 Å².